The largest absolute Gasteiger partial charge is 0.353 e. The first kappa shape index (κ1) is 25.7. The van der Waals surface area contributed by atoms with E-state index in [9.17, 15) is 4.79 Å². The van der Waals surface area contributed by atoms with Crippen LogP contribution in [0.3, 0.4) is 0 Å². The Labute approximate surface area is 204 Å². The molecule has 33 heavy (non-hydrogen) atoms. The van der Waals surface area contributed by atoms with Gasteiger partial charge in [0.05, 0.1) is 0 Å². The molecule has 4 fully saturated rings. The lowest BCUT2D eigenvalue weighted by Crippen LogP contribution is -2.59. The van der Waals surface area contributed by atoms with Gasteiger partial charge in [0.1, 0.15) is 5.78 Å². The van der Waals surface area contributed by atoms with E-state index in [1.165, 1.54) is 38.5 Å². The van der Waals surface area contributed by atoms with Crippen LogP contribution in [0.1, 0.15) is 106 Å². The predicted octanol–water partition coefficient (Wildman–Crippen LogP) is 7.52. The van der Waals surface area contributed by atoms with Crippen molar-refractivity contribution < 1.29 is 14.3 Å². The zero-order valence-corrected chi connectivity index (χ0v) is 22.9. The molecular formula is C30H52O3. The Morgan fingerprint density at radius 2 is 1.55 bits per heavy atom. The summed E-state index contributed by atoms with van der Waals surface area (Å²) in [4.78, 5) is 13.6. The third-order valence-corrected chi connectivity index (χ3v) is 12.2. The van der Waals surface area contributed by atoms with Crippen molar-refractivity contribution >= 4 is 5.78 Å². The minimum absolute atomic E-state index is 0.102. The fourth-order valence-corrected chi connectivity index (χ4v) is 9.46. The van der Waals surface area contributed by atoms with Crippen molar-refractivity contribution in [1.29, 1.82) is 0 Å². The van der Waals surface area contributed by atoms with Crippen LogP contribution in [0.5, 0.6) is 0 Å². The van der Waals surface area contributed by atoms with Crippen LogP contribution < -0.4 is 0 Å². The molecule has 4 saturated carbocycles. The summed E-state index contributed by atoms with van der Waals surface area (Å²) in [6.07, 6.45) is 11.7. The lowest BCUT2D eigenvalue weighted by atomic mass is 9.44. The number of fused-ring (bicyclic) bond motifs is 5. The third-order valence-electron chi connectivity index (χ3n) is 12.2. The molecular weight excluding hydrogens is 408 g/mol. The maximum absolute atomic E-state index is 13.6. The standard InChI is InChI=1S/C30H52O3/c1-19(2)20(3)9-10-21(4)23-11-12-24-22-17-27(31)26-18-30(32-7,33-8)16-15-29(26,6)25(22)13-14-28(23,24)5/h19-26H,9-18H2,1-8H3/t20-,21-,22+,23-,24+,25+,26-,28-,29-/m1/s1. The van der Waals surface area contributed by atoms with Gasteiger partial charge in [0.25, 0.3) is 0 Å². The fourth-order valence-electron chi connectivity index (χ4n) is 9.46. The van der Waals surface area contributed by atoms with Crippen LogP contribution in [0.25, 0.3) is 0 Å². The fraction of sp³-hybridized carbons (Fsp3) is 0.967. The molecule has 0 radical (unpaired) electrons. The van der Waals surface area contributed by atoms with E-state index in [2.05, 4.69) is 41.5 Å². The SMILES string of the molecule is COC1(OC)CC[C@@]2(C)[C@H](C1)C(=O)C[C@@H]1[C@@H]2CC[C@]2(C)[C@@H]([C@H](C)CC[C@@H](C)C(C)C)CC[C@@H]12. The molecule has 0 N–H and O–H groups in total. The second-order valence-electron chi connectivity index (χ2n) is 13.6. The van der Waals surface area contributed by atoms with Crippen LogP contribution in [0, 0.1) is 58.2 Å². The molecule has 190 valence electrons. The Bertz CT molecular complexity index is 711. The van der Waals surface area contributed by atoms with Crippen molar-refractivity contribution in [1.82, 2.24) is 0 Å². The molecule has 0 aromatic carbocycles. The average Bonchev–Trinajstić information content (AvgIpc) is 3.15. The third kappa shape index (κ3) is 4.15. The predicted molar refractivity (Wildman–Crippen MR) is 135 cm³/mol. The number of Topliss-reactive ketones (excluding diaryl/α,β-unsaturated/α-hetero) is 1. The molecule has 0 heterocycles. The molecule has 4 aliphatic carbocycles. The molecule has 0 aromatic rings. The van der Waals surface area contributed by atoms with Gasteiger partial charge in [-0.05, 0) is 84.4 Å². The van der Waals surface area contributed by atoms with E-state index < -0.39 is 5.79 Å². The van der Waals surface area contributed by atoms with Gasteiger partial charge in [-0.3, -0.25) is 4.79 Å². The highest BCUT2D eigenvalue weighted by Gasteiger charge is 2.64. The number of hydrogen-bond acceptors (Lipinski definition) is 3. The van der Waals surface area contributed by atoms with Crippen molar-refractivity contribution in [3.63, 3.8) is 0 Å². The summed E-state index contributed by atoms with van der Waals surface area (Å²) in [6.45, 7) is 14.8. The van der Waals surface area contributed by atoms with Crippen LogP contribution in [0.2, 0.25) is 0 Å². The monoisotopic (exact) mass is 460 g/mol. The molecule has 0 aromatic heterocycles. The van der Waals surface area contributed by atoms with Crippen molar-refractivity contribution in [2.24, 2.45) is 58.2 Å². The van der Waals surface area contributed by atoms with E-state index >= 15 is 0 Å². The van der Waals surface area contributed by atoms with Gasteiger partial charge in [-0.15, -0.1) is 0 Å². The Hall–Kier alpha value is -0.410. The highest BCUT2D eigenvalue weighted by Crippen LogP contribution is 2.68. The summed E-state index contributed by atoms with van der Waals surface area (Å²) in [7, 11) is 3.49. The second-order valence-corrected chi connectivity index (χ2v) is 13.6. The first-order valence-corrected chi connectivity index (χ1v) is 14.1. The molecule has 4 rings (SSSR count). The molecule has 0 amide bonds. The van der Waals surface area contributed by atoms with Gasteiger partial charge in [0.2, 0.25) is 0 Å². The number of hydrogen-bond donors (Lipinski definition) is 0. The normalized spacial score (nSPS) is 44.2. The van der Waals surface area contributed by atoms with E-state index in [0.717, 1.165) is 55.3 Å². The van der Waals surface area contributed by atoms with Gasteiger partial charge >= 0.3 is 0 Å². The molecule has 0 saturated heterocycles. The van der Waals surface area contributed by atoms with Gasteiger partial charge in [0.15, 0.2) is 5.79 Å². The van der Waals surface area contributed by atoms with Crippen molar-refractivity contribution in [3.05, 3.63) is 0 Å². The molecule has 3 heteroatoms. The zero-order chi connectivity index (χ0) is 24.2. The van der Waals surface area contributed by atoms with Gasteiger partial charge < -0.3 is 9.47 Å². The Morgan fingerprint density at radius 3 is 2.18 bits per heavy atom. The maximum Gasteiger partial charge on any atom is 0.168 e. The first-order chi connectivity index (χ1) is 15.5. The summed E-state index contributed by atoms with van der Waals surface area (Å²) in [6, 6.07) is 0. The minimum atomic E-state index is -0.559. The number of ether oxygens (including phenoxy) is 2. The highest BCUT2D eigenvalue weighted by atomic mass is 16.7. The highest BCUT2D eigenvalue weighted by molar-refractivity contribution is 5.83. The van der Waals surface area contributed by atoms with Crippen LogP contribution in [-0.2, 0) is 14.3 Å². The van der Waals surface area contributed by atoms with Crippen LogP contribution >= 0.6 is 0 Å². The van der Waals surface area contributed by atoms with Crippen molar-refractivity contribution in [3.8, 4) is 0 Å². The summed E-state index contributed by atoms with van der Waals surface area (Å²) in [5, 5.41) is 0. The zero-order valence-electron chi connectivity index (χ0n) is 22.9. The van der Waals surface area contributed by atoms with E-state index in [-0.39, 0.29) is 11.3 Å². The lowest BCUT2D eigenvalue weighted by Gasteiger charge is -2.61. The van der Waals surface area contributed by atoms with Crippen LogP contribution in [-0.4, -0.2) is 25.8 Å². The van der Waals surface area contributed by atoms with E-state index in [1.54, 1.807) is 14.2 Å². The number of carbonyl (C=O) groups is 1. The molecule has 0 spiro atoms. The number of carbonyl (C=O) groups excluding carboxylic acids is 1. The average molecular weight is 461 g/mol. The molecule has 9 atom stereocenters. The number of ketones is 1. The summed E-state index contributed by atoms with van der Waals surface area (Å²) < 4.78 is 11.6. The quantitative estimate of drug-likeness (QED) is 0.368. The lowest BCUT2D eigenvalue weighted by molar-refractivity contribution is -0.256. The maximum atomic E-state index is 13.6. The number of methoxy groups -OCH3 is 2. The summed E-state index contributed by atoms with van der Waals surface area (Å²) in [5.74, 6) is 5.32. The topological polar surface area (TPSA) is 35.5 Å². The minimum Gasteiger partial charge on any atom is -0.353 e. The smallest absolute Gasteiger partial charge is 0.168 e. The van der Waals surface area contributed by atoms with Gasteiger partial charge in [-0.2, -0.15) is 0 Å². The Morgan fingerprint density at radius 1 is 0.879 bits per heavy atom. The summed E-state index contributed by atoms with van der Waals surface area (Å²) in [5.41, 5.74) is 0.556. The summed E-state index contributed by atoms with van der Waals surface area (Å²) >= 11 is 0. The van der Waals surface area contributed by atoms with E-state index in [0.29, 0.717) is 23.0 Å². The Balaban J connectivity index is 1.51. The van der Waals surface area contributed by atoms with Gasteiger partial charge in [0, 0.05) is 39.4 Å². The molecule has 0 bridgehead atoms. The van der Waals surface area contributed by atoms with Crippen LogP contribution in [0.15, 0.2) is 0 Å². The van der Waals surface area contributed by atoms with Gasteiger partial charge in [-0.1, -0.05) is 54.4 Å². The molecule has 0 aliphatic heterocycles. The molecule has 4 aliphatic rings. The second kappa shape index (κ2) is 9.23. The molecule has 0 unspecified atom stereocenters. The molecule has 3 nitrogen and oxygen atoms in total. The Kier molecular flexibility index (Phi) is 7.18. The van der Waals surface area contributed by atoms with Crippen molar-refractivity contribution in [2.45, 2.75) is 112 Å². The van der Waals surface area contributed by atoms with E-state index in [4.69, 9.17) is 9.47 Å². The van der Waals surface area contributed by atoms with Crippen molar-refractivity contribution in [2.75, 3.05) is 14.2 Å². The van der Waals surface area contributed by atoms with E-state index in [1.807, 2.05) is 0 Å². The first-order valence-electron chi connectivity index (χ1n) is 14.1. The number of rotatable bonds is 7. The van der Waals surface area contributed by atoms with Gasteiger partial charge in [-0.25, -0.2) is 0 Å². The van der Waals surface area contributed by atoms with Crippen LogP contribution in [0.4, 0.5) is 0 Å².